The standard InChI is InChI=1S/C15H12F2O2/c1-10-7-12(16)14(13(17)8-10)15(18)19-9-11-5-3-2-4-6-11/h2-8H,9H2,1H3. The van der Waals surface area contributed by atoms with Gasteiger partial charge in [-0.2, -0.15) is 0 Å². The second-order valence-corrected chi connectivity index (χ2v) is 4.17. The van der Waals surface area contributed by atoms with Gasteiger partial charge < -0.3 is 4.74 Å². The minimum atomic E-state index is -1.00. The minimum absolute atomic E-state index is 0.0214. The van der Waals surface area contributed by atoms with E-state index in [1.165, 1.54) is 0 Å². The topological polar surface area (TPSA) is 26.3 Å². The van der Waals surface area contributed by atoms with Crippen molar-refractivity contribution in [3.63, 3.8) is 0 Å². The van der Waals surface area contributed by atoms with Gasteiger partial charge in [-0.1, -0.05) is 30.3 Å². The van der Waals surface area contributed by atoms with Gasteiger partial charge in [0.15, 0.2) is 0 Å². The molecule has 0 saturated carbocycles. The van der Waals surface area contributed by atoms with Crippen LogP contribution in [0.4, 0.5) is 8.78 Å². The highest BCUT2D eigenvalue weighted by molar-refractivity contribution is 5.90. The second kappa shape index (κ2) is 5.61. The molecule has 0 aliphatic heterocycles. The first-order chi connectivity index (χ1) is 9.08. The summed E-state index contributed by atoms with van der Waals surface area (Å²) < 4.78 is 32.0. The van der Waals surface area contributed by atoms with E-state index in [4.69, 9.17) is 4.74 Å². The molecule has 0 heterocycles. The SMILES string of the molecule is Cc1cc(F)c(C(=O)OCc2ccccc2)c(F)c1. The fraction of sp³-hybridized carbons (Fsp3) is 0.133. The van der Waals surface area contributed by atoms with Crippen molar-refractivity contribution in [1.82, 2.24) is 0 Å². The Hall–Kier alpha value is -2.23. The number of esters is 1. The lowest BCUT2D eigenvalue weighted by molar-refractivity contribution is 0.0461. The second-order valence-electron chi connectivity index (χ2n) is 4.17. The predicted octanol–water partition coefficient (Wildman–Crippen LogP) is 3.63. The summed E-state index contributed by atoms with van der Waals surface area (Å²) in [4.78, 5) is 11.7. The van der Waals surface area contributed by atoms with Gasteiger partial charge in [0, 0.05) is 0 Å². The average molecular weight is 262 g/mol. The number of ether oxygens (including phenoxy) is 1. The molecule has 4 heteroatoms. The molecule has 19 heavy (non-hydrogen) atoms. The van der Waals surface area contributed by atoms with E-state index in [9.17, 15) is 13.6 Å². The van der Waals surface area contributed by atoms with Crippen molar-refractivity contribution in [2.24, 2.45) is 0 Å². The van der Waals surface area contributed by atoms with Crippen molar-refractivity contribution >= 4 is 5.97 Å². The van der Waals surface area contributed by atoms with Crippen molar-refractivity contribution in [3.05, 3.63) is 70.8 Å². The fourth-order valence-electron chi connectivity index (χ4n) is 1.69. The monoisotopic (exact) mass is 262 g/mol. The van der Waals surface area contributed by atoms with Crippen LogP contribution < -0.4 is 0 Å². The zero-order valence-corrected chi connectivity index (χ0v) is 10.3. The molecule has 0 fully saturated rings. The van der Waals surface area contributed by atoms with Crippen LogP contribution in [-0.2, 0) is 11.3 Å². The Balaban J connectivity index is 2.13. The predicted molar refractivity (Wildman–Crippen MR) is 66.7 cm³/mol. The van der Waals surface area contributed by atoms with E-state index in [0.717, 1.165) is 17.7 Å². The molecule has 2 nitrogen and oxygen atoms in total. The molecule has 0 bridgehead atoms. The van der Waals surface area contributed by atoms with Crippen LogP contribution in [0.3, 0.4) is 0 Å². The Bertz CT molecular complexity index is 571. The van der Waals surface area contributed by atoms with Crippen molar-refractivity contribution in [1.29, 1.82) is 0 Å². The molecule has 98 valence electrons. The Morgan fingerprint density at radius 2 is 1.68 bits per heavy atom. The Labute approximate surface area is 109 Å². The maximum Gasteiger partial charge on any atom is 0.344 e. The molecule has 0 N–H and O–H groups in total. The minimum Gasteiger partial charge on any atom is -0.457 e. The van der Waals surface area contributed by atoms with Crippen LogP contribution in [0.25, 0.3) is 0 Å². The Kier molecular flexibility index (Phi) is 3.90. The lowest BCUT2D eigenvalue weighted by Gasteiger charge is -2.07. The summed E-state index contributed by atoms with van der Waals surface area (Å²) in [5.41, 5.74) is 0.514. The molecule has 0 amide bonds. The molecule has 0 aromatic heterocycles. The summed E-state index contributed by atoms with van der Waals surface area (Å²) >= 11 is 0. The summed E-state index contributed by atoms with van der Waals surface area (Å²) in [6.07, 6.45) is 0. The van der Waals surface area contributed by atoms with Gasteiger partial charge in [0.2, 0.25) is 0 Å². The molecule has 0 aliphatic carbocycles. The molecule has 2 aromatic rings. The summed E-state index contributed by atoms with van der Waals surface area (Å²) in [7, 11) is 0. The van der Waals surface area contributed by atoms with Crippen molar-refractivity contribution in [2.75, 3.05) is 0 Å². The van der Waals surface area contributed by atoms with Gasteiger partial charge in [-0.15, -0.1) is 0 Å². The van der Waals surface area contributed by atoms with Gasteiger partial charge in [0.25, 0.3) is 0 Å². The van der Waals surface area contributed by atoms with Gasteiger partial charge in [0.1, 0.15) is 23.8 Å². The molecular weight excluding hydrogens is 250 g/mol. The maximum absolute atomic E-state index is 13.5. The highest BCUT2D eigenvalue weighted by atomic mass is 19.1. The third kappa shape index (κ3) is 3.16. The van der Waals surface area contributed by atoms with E-state index in [1.807, 2.05) is 6.07 Å². The van der Waals surface area contributed by atoms with E-state index in [0.29, 0.717) is 5.56 Å². The zero-order valence-electron chi connectivity index (χ0n) is 10.3. The fourth-order valence-corrected chi connectivity index (χ4v) is 1.69. The maximum atomic E-state index is 13.5. The number of halogens is 2. The summed E-state index contributed by atoms with van der Waals surface area (Å²) in [6, 6.07) is 11.1. The third-order valence-corrected chi connectivity index (χ3v) is 2.60. The Morgan fingerprint density at radius 1 is 1.11 bits per heavy atom. The van der Waals surface area contributed by atoms with E-state index in [-0.39, 0.29) is 6.61 Å². The molecular formula is C15H12F2O2. The molecule has 2 rings (SSSR count). The quantitative estimate of drug-likeness (QED) is 0.789. The Morgan fingerprint density at radius 3 is 2.26 bits per heavy atom. The van der Waals surface area contributed by atoms with Crippen LogP contribution in [0.2, 0.25) is 0 Å². The number of benzene rings is 2. The van der Waals surface area contributed by atoms with Gasteiger partial charge in [-0.3, -0.25) is 0 Å². The lowest BCUT2D eigenvalue weighted by atomic mass is 10.1. The smallest absolute Gasteiger partial charge is 0.344 e. The van der Waals surface area contributed by atoms with Gasteiger partial charge in [-0.05, 0) is 30.2 Å². The van der Waals surface area contributed by atoms with E-state index in [1.54, 1.807) is 31.2 Å². The molecule has 0 radical (unpaired) electrons. The van der Waals surface area contributed by atoms with Crippen molar-refractivity contribution < 1.29 is 18.3 Å². The third-order valence-electron chi connectivity index (χ3n) is 2.60. The van der Waals surface area contributed by atoms with Gasteiger partial charge in [-0.25, -0.2) is 13.6 Å². The van der Waals surface area contributed by atoms with Gasteiger partial charge in [0.05, 0.1) is 0 Å². The molecule has 0 spiro atoms. The summed E-state index contributed by atoms with van der Waals surface area (Å²) in [5.74, 6) is -2.81. The highest BCUT2D eigenvalue weighted by Gasteiger charge is 2.19. The molecule has 0 atom stereocenters. The van der Waals surface area contributed by atoms with Crippen molar-refractivity contribution in [3.8, 4) is 0 Å². The van der Waals surface area contributed by atoms with Crippen LogP contribution in [-0.4, -0.2) is 5.97 Å². The normalized spacial score (nSPS) is 10.3. The van der Waals surface area contributed by atoms with Crippen LogP contribution in [0.5, 0.6) is 0 Å². The number of hydrogen-bond donors (Lipinski definition) is 0. The first-order valence-corrected chi connectivity index (χ1v) is 5.74. The largest absolute Gasteiger partial charge is 0.457 e. The van der Waals surface area contributed by atoms with Gasteiger partial charge >= 0.3 is 5.97 Å². The average Bonchev–Trinajstić information content (AvgIpc) is 2.36. The summed E-state index contributed by atoms with van der Waals surface area (Å²) in [5, 5.41) is 0. The first kappa shape index (κ1) is 13.2. The van der Waals surface area contributed by atoms with E-state index < -0.39 is 23.2 Å². The van der Waals surface area contributed by atoms with Crippen LogP contribution >= 0.6 is 0 Å². The number of carbonyl (C=O) groups is 1. The molecule has 0 unspecified atom stereocenters. The first-order valence-electron chi connectivity index (χ1n) is 5.74. The lowest BCUT2D eigenvalue weighted by Crippen LogP contribution is -2.10. The van der Waals surface area contributed by atoms with Crippen LogP contribution in [0.15, 0.2) is 42.5 Å². The van der Waals surface area contributed by atoms with Crippen LogP contribution in [0.1, 0.15) is 21.5 Å². The van der Waals surface area contributed by atoms with E-state index >= 15 is 0 Å². The number of carbonyl (C=O) groups excluding carboxylic acids is 1. The van der Waals surface area contributed by atoms with Crippen molar-refractivity contribution in [2.45, 2.75) is 13.5 Å². The molecule has 2 aromatic carbocycles. The summed E-state index contributed by atoms with van der Waals surface area (Å²) in [6.45, 7) is 1.53. The number of aryl methyl sites for hydroxylation is 1. The molecule has 0 saturated heterocycles. The van der Waals surface area contributed by atoms with Crippen LogP contribution in [0, 0.1) is 18.6 Å². The van der Waals surface area contributed by atoms with E-state index in [2.05, 4.69) is 0 Å². The highest BCUT2D eigenvalue weighted by Crippen LogP contribution is 2.16. The number of rotatable bonds is 3. The zero-order chi connectivity index (χ0) is 13.8. The molecule has 0 aliphatic rings. The number of hydrogen-bond acceptors (Lipinski definition) is 2.